The van der Waals surface area contributed by atoms with Crippen LogP contribution >= 0.6 is 0 Å². The zero-order valence-electron chi connectivity index (χ0n) is 12.9. The molecule has 0 heterocycles. The van der Waals surface area contributed by atoms with Crippen molar-refractivity contribution in [1.29, 1.82) is 0 Å². The van der Waals surface area contributed by atoms with Crippen LogP contribution in [-0.4, -0.2) is 50.4 Å². The lowest BCUT2D eigenvalue weighted by Crippen LogP contribution is -2.44. The molecule has 0 fully saturated rings. The second-order valence-electron chi connectivity index (χ2n) is 5.41. The molecule has 0 aliphatic heterocycles. The van der Waals surface area contributed by atoms with Crippen LogP contribution in [-0.2, 0) is 14.8 Å². The minimum Gasteiger partial charge on any atom is -0.480 e. The molecule has 7 nitrogen and oxygen atoms in total. The molecule has 0 saturated heterocycles. The maximum Gasteiger partial charge on any atom is 0.322 e. The third kappa shape index (κ3) is 4.28. The number of nitrogens with one attached hydrogen (secondary N) is 1. The number of amides is 1. The van der Waals surface area contributed by atoms with Crippen LogP contribution < -0.4 is 4.72 Å². The van der Waals surface area contributed by atoms with E-state index in [1.54, 1.807) is 27.9 Å². The fourth-order valence-electron chi connectivity index (χ4n) is 1.76. The van der Waals surface area contributed by atoms with E-state index in [0.717, 1.165) is 0 Å². The smallest absolute Gasteiger partial charge is 0.322 e. The molecule has 0 saturated carbocycles. The van der Waals surface area contributed by atoms with Crippen LogP contribution in [0.2, 0.25) is 0 Å². The van der Waals surface area contributed by atoms with Gasteiger partial charge >= 0.3 is 5.97 Å². The van der Waals surface area contributed by atoms with Gasteiger partial charge in [0.1, 0.15) is 6.04 Å². The lowest BCUT2D eigenvalue weighted by Gasteiger charge is -2.18. The van der Waals surface area contributed by atoms with Crippen LogP contribution in [0.3, 0.4) is 0 Å². The van der Waals surface area contributed by atoms with Gasteiger partial charge in [-0.2, -0.15) is 4.72 Å². The van der Waals surface area contributed by atoms with Crippen molar-refractivity contribution in [3.63, 3.8) is 0 Å². The molecule has 0 radical (unpaired) electrons. The molecular weight excluding hydrogens is 308 g/mol. The van der Waals surface area contributed by atoms with Gasteiger partial charge < -0.3 is 10.0 Å². The fraction of sp³-hybridized carbons (Fsp3) is 0.429. The fourth-order valence-corrected chi connectivity index (χ4v) is 3.14. The summed E-state index contributed by atoms with van der Waals surface area (Å²) >= 11 is 0. The molecule has 0 aromatic heterocycles. The molecular formula is C14H20N2O5S. The Labute approximate surface area is 130 Å². The zero-order valence-corrected chi connectivity index (χ0v) is 13.7. The molecule has 1 amide bonds. The van der Waals surface area contributed by atoms with Gasteiger partial charge in [-0.25, -0.2) is 8.42 Å². The van der Waals surface area contributed by atoms with Crippen LogP contribution in [0.15, 0.2) is 29.2 Å². The highest BCUT2D eigenvalue weighted by molar-refractivity contribution is 7.89. The Bertz CT molecular complexity index is 668. The second-order valence-corrected chi connectivity index (χ2v) is 7.12. The van der Waals surface area contributed by atoms with Crippen molar-refractivity contribution >= 4 is 21.9 Å². The summed E-state index contributed by atoms with van der Waals surface area (Å²) < 4.78 is 26.7. The van der Waals surface area contributed by atoms with Crippen molar-refractivity contribution in [2.24, 2.45) is 5.92 Å². The number of carboxylic acid groups (broad SMARTS) is 1. The van der Waals surface area contributed by atoms with Crippen molar-refractivity contribution in [3.05, 3.63) is 29.8 Å². The van der Waals surface area contributed by atoms with E-state index >= 15 is 0 Å². The number of carboxylic acids is 1. The van der Waals surface area contributed by atoms with Gasteiger partial charge in [0.25, 0.3) is 5.91 Å². The molecule has 0 aliphatic rings. The largest absolute Gasteiger partial charge is 0.480 e. The average molecular weight is 328 g/mol. The summed E-state index contributed by atoms with van der Waals surface area (Å²) in [6.45, 7) is 3.21. The first-order valence-electron chi connectivity index (χ1n) is 6.63. The van der Waals surface area contributed by atoms with Gasteiger partial charge in [-0.05, 0) is 24.1 Å². The summed E-state index contributed by atoms with van der Waals surface area (Å²) in [5.74, 6) is -2.01. The van der Waals surface area contributed by atoms with Gasteiger partial charge in [-0.15, -0.1) is 0 Å². The lowest BCUT2D eigenvalue weighted by atomic mass is 10.1. The van der Waals surface area contributed by atoms with E-state index in [4.69, 9.17) is 5.11 Å². The van der Waals surface area contributed by atoms with Gasteiger partial charge in [-0.1, -0.05) is 19.9 Å². The summed E-state index contributed by atoms with van der Waals surface area (Å²) in [5.41, 5.74) is 0.212. The number of carbonyl (C=O) groups is 2. The third-order valence-corrected chi connectivity index (χ3v) is 4.45. The van der Waals surface area contributed by atoms with Crippen LogP contribution in [0, 0.1) is 5.92 Å². The Morgan fingerprint density at radius 1 is 1.23 bits per heavy atom. The van der Waals surface area contributed by atoms with E-state index in [2.05, 4.69) is 4.72 Å². The van der Waals surface area contributed by atoms with Gasteiger partial charge in [0, 0.05) is 19.7 Å². The first-order chi connectivity index (χ1) is 10.1. The summed E-state index contributed by atoms with van der Waals surface area (Å²) in [5, 5.41) is 9.08. The highest BCUT2D eigenvalue weighted by atomic mass is 32.2. The zero-order chi connectivity index (χ0) is 17.1. The number of hydrogen-bond donors (Lipinski definition) is 2. The molecule has 8 heteroatoms. The normalized spacial score (nSPS) is 13.0. The Balaban J connectivity index is 3.16. The molecule has 0 aliphatic carbocycles. The molecule has 0 spiro atoms. The highest BCUT2D eigenvalue weighted by Crippen LogP contribution is 2.15. The maximum absolute atomic E-state index is 12.3. The summed E-state index contributed by atoms with van der Waals surface area (Å²) in [6, 6.07) is 4.24. The van der Waals surface area contributed by atoms with E-state index in [-0.39, 0.29) is 16.4 Å². The molecule has 1 atom stereocenters. The Morgan fingerprint density at radius 2 is 1.82 bits per heavy atom. The van der Waals surface area contributed by atoms with Gasteiger partial charge in [-0.3, -0.25) is 9.59 Å². The van der Waals surface area contributed by atoms with E-state index in [9.17, 15) is 18.0 Å². The molecule has 0 bridgehead atoms. The lowest BCUT2D eigenvalue weighted by molar-refractivity contribution is -0.140. The van der Waals surface area contributed by atoms with Crippen LogP contribution in [0.4, 0.5) is 0 Å². The number of carbonyl (C=O) groups excluding carboxylic acids is 1. The third-order valence-electron chi connectivity index (χ3n) is 3.01. The quantitative estimate of drug-likeness (QED) is 0.803. The van der Waals surface area contributed by atoms with Crippen molar-refractivity contribution in [2.45, 2.75) is 24.8 Å². The van der Waals surface area contributed by atoms with Crippen molar-refractivity contribution < 1.29 is 23.1 Å². The number of aliphatic carboxylic acids is 1. The SMILES string of the molecule is CC(C)C(NS(=O)(=O)c1cccc(C(=O)N(C)C)c1)C(=O)O. The topological polar surface area (TPSA) is 104 Å². The molecule has 122 valence electrons. The van der Waals surface area contributed by atoms with Crippen LogP contribution in [0.25, 0.3) is 0 Å². The predicted molar refractivity (Wildman–Crippen MR) is 81.0 cm³/mol. The Kier molecular flexibility index (Phi) is 5.67. The number of sulfonamides is 1. The van der Waals surface area contributed by atoms with E-state index in [1.807, 2.05) is 0 Å². The molecule has 22 heavy (non-hydrogen) atoms. The molecule has 1 unspecified atom stereocenters. The maximum atomic E-state index is 12.3. The average Bonchev–Trinajstić information content (AvgIpc) is 2.43. The monoisotopic (exact) mass is 328 g/mol. The molecule has 2 N–H and O–H groups in total. The van der Waals surface area contributed by atoms with Gasteiger partial charge in [0.05, 0.1) is 4.90 Å². The van der Waals surface area contributed by atoms with E-state index in [0.29, 0.717) is 0 Å². The summed E-state index contributed by atoms with van der Waals surface area (Å²) in [4.78, 5) is 24.2. The van der Waals surface area contributed by atoms with Gasteiger partial charge in [0.2, 0.25) is 10.0 Å². The number of rotatable bonds is 6. The minimum absolute atomic E-state index is 0.146. The summed E-state index contributed by atoms with van der Waals surface area (Å²) in [7, 11) is -0.920. The molecule has 1 aromatic rings. The van der Waals surface area contributed by atoms with Crippen molar-refractivity contribution in [3.8, 4) is 0 Å². The standard InChI is InChI=1S/C14H20N2O5S/c1-9(2)12(14(18)19)15-22(20,21)11-7-5-6-10(8-11)13(17)16(3)4/h5-9,12,15H,1-4H3,(H,18,19). The van der Waals surface area contributed by atoms with Crippen molar-refractivity contribution in [1.82, 2.24) is 9.62 Å². The second kappa shape index (κ2) is 6.89. The minimum atomic E-state index is -4.03. The highest BCUT2D eigenvalue weighted by Gasteiger charge is 2.28. The summed E-state index contributed by atoms with van der Waals surface area (Å²) in [6.07, 6.45) is 0. The Morgan fingerprint density at radius 3 is 2.27 bits per heavy atom. The number of nitrogens with zero attached hydrogens (tertiary/aromatic N) is 1. The van der Waals surface area contributed by atoms with E-state index < -0.39 is 28.0 Å². The number of hydrogen-bond acceptors (Lipinski definition) is 4. The first-order valence-corrected chi connectivity index (χ1v) is 8.11. The van der Waals surface area contributed by atoms with Crippen LogP contribution in [0.5, 0.6) is 0 Å². The van der Waals surface area contributed by atoms with E-state index in [1.165, 1.54) is 29.2 Å². The van der Waals surface area contributed by atoms with Crippen molar-refractivity contribution in [2.75, 3.05) is 14.1 Å². The first kappa shape index (κ1) is 18.1. The molecule has 1 rings (SSSR count). The molecule has 1 aromatic carbocycles. The predicted octanol–water partition coefficient (Wildman–Crippen LogP) is 0.776. The number of benzene rings is 1. The van der Waals surface area contributed by atoms with Gasteiger partial charge in [0.15, 0.2) is 0 Å². The Hall–Kier alpha value is -1.93. The van der Waals surface area contributed by atoms with Crippen LogP contribution in [0.1, 0.15) is 24.2 Å².